The lowest BCUT2D eigenvalue weighted by Crippen LogP contribution is -2.32. The van der Waals surface area contributed by atoms with Crippen molar-refractivity contribution >= 4 is 5.69 Å². The standard InChI is InChI=1S/C15H26N2/c1-5-12(4)17(7-3)14-10-8-13(9-11-14)15(16)6-2/h8-12,15H,5-7,16H2,1-4H3/t12?,15-/m0/s1. The van der Waals surface area contributed by atoms with Crippen molar-refractivity contribution in [1.29, 1.82) is 0 Å². The van der Waals surface area contributed by atoms with E-state index in [1.54, 1.807) is 0 Å². The van der Waals surface area contributed by atoms with E-state index in [1.807, 2.05) is 0 Å². The zero-order chi connectivity index (χ0) is 12.8. The number of hydrogen-bond acceptors (Lipinski definition) is 2. The normalized spacial score (nSPS) is 14.4. The first-order valence-electron chi connectivity index (χ1n) is 6.76. The van der Waals surface area contributed by atoms with Gasteiger partial charge in [0.25, 0.3) is 0 Å². The van der Waals surface area contributed by atoms with Gasteiger partial charge in [-0.05, 0) is 44.4 Å². The van der Waals surface area contributed by atoms with Crippen LogP contribution in [0.2, 0.25) is 0 Å². The summed E-state index contributed by atoms with van der Waals surface area (Å²) >= 11 is 0. The lowest BCUT2D eigenvalue weighted by molar-refractivity contribution is 0.629. The van der Waals surface area contributed by atoms with Gasteiger partial charge in [-0.2, -0.15) is 0 Å². The van der Waals surface area contributed by atoms with Crippen LogP contribution in [0.3, 0.4) is 0 Å². The molecule has 0 aliphatic heterocycles. The molecule has 0 aliphatic carbocycles. The molecule has 0 fully saturated rings. The zero-order valence-corrected chi connectivity index (χ0v) is 11.6. The lowest BCUT2D eigenvalue weighted by Gasteiger charge is -2.29. The topological polar surface area (TPSA) is 29.3 Å². The average molecular weight is 234 g/mol. The quantitative estimate of drug-likeness (QED) is 0.813. The summed E-state index contributed by atoms with van der Waals surface area (Å²) in [5, 5.41) is 0. The minimum atomic E-state index is 0.169. The van der Waals surface area contributed by atoms with Crippen LogP contribution in [0.1, 0.15) is 52.1 Å². The van der Waals surface area contributed by atoms with Crippen molar-refractivity contribution in [2.45, 2.75) is 52.6 Å². The third kappa shape index (κ3) is 3.47. The molecule has 0 saturated carbocycles. The molecule has 0 saturated heterocycles. The van der Waals surface area contributed by atoms with Crippen LogP contribution in [0.25, 0.3) is 0 Å². The summed E-state index contributed by atoms with van der Waals surface area (Å²) in [7, 11) is 0. The number of nitrogens with zero attached hydrogens (tertiary/aromatic N) is 1. The van der Waals surface area contributed by atoms with Gasteiger partial charge < -0.3 is 10.6 Å². The van der Waals surface area contributed by atoms with Crippen molar-refractivity contribution in [1.82, 2.24) is 0 Å². The SMILES string of the molecule is CCC(C)N(CC)c1ccc([C@@H](N)CC)cc1. The van der Waals surface area contributed by atoms with Crippen LogP contribution in [0.4, 0.5) is 5.69 Å². The van der Waals surface area contributed by atoms with E-state index in [0.717, 1.165) is 13.0 Å². The van der Waals surface area contributed by atoms with E-state index in [0.29, 0.717) is 6.04 Å². The van der Waals surface area contributed by atoms with Gasteiger partial charge in [0.1, 0.15) is 0 Å². The van der Waals surface area contributed by atoms with Gasteiger partial charge in [-0.1, -0.05) is 26.0 Å². The zero-order valence-electron chi connectivity index (χ0n) is 11.6. The lowest BCUT2D eigenvalue weighted by atomic mass is 10.0. The summed E-state index contributed by atoms with van der Waals surface area (Å²) in [5.41, 5.74) is 8.56. The second-order valence-corrected chi connectivity index (χ2v) is 4.65. The Kier molecular flexibility index (Phi) is 5.49. The van der Waals surface area contributed by atoms with E-state index in [1.165, 1.54) is 17.7 Å². The van der Waals surface area contributed by atoms with Crippen molar-refractivity contribution in [2.75, 3.05) is 11.4 Å². The highest BCUT2D eigenvalue weighted by molar-refractivity contribution is 5.48. The van der Waals surface area contributed by atoms with E-state index >= 15 is 0 Å². The Bertz CT molecular complexity index is 318. The van der Waals surface area contributed by atoms with E-state index in [2.05, 4.69) is 56.9 Å². The molecule has 0 spiro atoms. The molecule has 1 unspecified atom stereocenters. The van der Waals surface area contributed by atoms with Crippen LogP contribution < -0.4 is 10.6 Å². The van der Waals surface area contributed by atoms with Gasteiger partial charge in [0.2, 0.25) is 0 Å². The molecule has 0 aliphatic rings. The van der Waals surface area contributed by atoms with E-state index in [4.69, 9.17) is 5.73 Å². The Morgan fingerprint density at radius 3 is 2.06 bits per heavy atom. The van der Waals surface area contributed by atoms with Crippen molar-refractivity contribution in [3.05, 3.63) is 29.8 Å². The molecule has 0 amide bonds. The minimum absolute atomic E-state index is 0.169. The Balaban J connectivity index is 2.85. The minimum Gasteiger partial charge on any atom is -0.369 e. The van der Waals surface area contributed by atoms with Crippen molar-refractivity contribution in [3.63, 3.8) is 0 Å². The maximum atomic E-state index is 6.03. The fourth-order valence-electron chi connectivity index (χ4n) is 2.12. The fourth-order valence-corrected chi connectivity index (χ4v) is 2.12. The van der Waals surface area contributed by atoms with E-state index < -0.39 is 0 Å². The number of hydrogen-bond donors (Lipinski definition) is 1. The average Bonchev–Trinajstić information content (AvgIpc) is 2.39. The maximum absolute atomic E-state index is 6.03. The number of benzene rings is 1. The van der Waals surface area contributed by atoms with Crippen LogP contribution >= 0.6 is 0 Å². The van der Waals surface area contributed by atoms with Gasteiger partial charge in [0.05, 0.1) is 0 Å². The Labute approximate surface area is 106 Å². The van der Waals surface area contributed by atoms with Crippen LogP contribution in [0, 0.1) is 0 Å². The number of rotatable bonds is 6. The third-order valence-corrected chi connectivity index (χ3v) is 3.56. The van der Waals surface area contributed by atoms with Gasteiger partial charge in [-0.3, -0.25) is 0 Å². The van der Waals surface area contributed by atoms with Crippen molar-refractivity contribution in [2.24, 2.45) is 5.73 Å². The molecule has 0 radical (unpaired) electrons. The highest BCUT2D eigenvalue weighted by Gasteiger charge is 2.11. The van der Waals surface area contributed by atoms with E-state index in [9.17, 15) is 0 Å². The van der Waals surface area contributed by atoms with Gasteiger partial charge >= 0.3 is 0 Å². The third-order valence-electron chi connectivity index (χ3n) is 3.56. The van der Waals surface area contributed by atoms with Crippen LogP contribution in [-0.4, -0.2) is 12.6 Å². The first-order valence-corrected chi connectivity index (χ1v) is 6.76. The van der Waals surface area contributed by atoms with Gasteiger partial charge in [0.15, 0.2) is 0 Å². The smallest absolute Gasteiger partial charge is 0.0368 e. The predicted molar refractivity (Wildman–Crippen MR) is 76.4 cm³/mol. The summed E-state index contributed by atoms with van der Waals surface area (Å²) in [6.45, 7) is 9.88. The highest BCUT2D eigenvalue weighted by Crippen LogP contribution is 2.22. The monoisotopic (exact) mass is 234 g/mol. The molecule has 0 bridgehead atoms. The molecule has 96 valence electrons. The van der Waals surface area contributed by atoms with Gasteiger partial charge in [-0.15, -0.1) is 0 Å². The largest absolute Gasteiger partial charge is 0.369 e. The summed E-state index contributed by atoms with van der Waals surface area (Å²) < 4.78 is 0. The van der Waals surface area contributed by atoms with E-state index in [-0.39, 0.29) is 6.04 Å². The molecule has 2 nitrogen and oxygen atoms in total. The molecular formula is C15H26N2. The fraction of sp³-hybridized carbons (Fsp3) is 0.600. The molecule has 2 atom stereocenters. The molecule has 0 heterocycles. The predicted octanol–water partition coefficient (Wildman–Crippen LogP) is 3.72. The summed E-state index contributed by atoms with van der Waals surface area (Å²) in [6.07, 6.45) is 2.16. The summed E-state index contributed by atoms with van der Waals surface area (Å²) in [5.74, 6) is 0. The molecule has 17 heavy (non-hydrogen) atoms. The Morgan fingerprint density at radius 1 is 1.06 bits per heavy atom. The van der Waals surface area contributed by atoms with Crippen molar-refractivity contribution < 1.29 is 0 Å². The molecule has 0 aromatic heterocycles. The van der Waals surface area contributed by atoms with Crippen LogP contribution in [0.5, 0.6) is 0 Å². The Morgan fingerprint density at radius 2 is 1.65 bits per heavy atom. The summed E-state index contributed by atoms with van der Waals surface area (Å²) in [6, 6.07) is 9.47. The molecule has 2 N–H and O–H groups in total. The highest BCUT2D eigenvalue weighted by atomic mass is 15.1. The second kappa shape index (κ2) is 6.65. The Hall–Kier alpha value is -1.02. The van der Waals surface area contributed by atoms with Crippen LogP contribution in [-0.2, 0) is 0 Å². The first-order chi connectivity index (χ1) is 8.13. The van der Waals surface area contributed by atoms with Crippen molar-refractivity contribution in [3.8, 4) is 0 Å². The number of anilines is 1. The van der Waals surface area contributed by atoms with Crippen LogP contribution in [0.15, 0.2) is 24.3 Å². The summed E-state index contributed by atoms with van der Waals surface area (Å²) in [4.78, 5) is 2.43. The molecule has 1 rings (SSSR count). The maximum Gasteiger partial charge on any atom is 0.0368 e. The molecule has 1 aromatic rings. The second-order valence-electron chi connectivity index (χ2n) is 4.65. The molecular weight excluding hydrogens is 208 g/mol. The van der Waals surface area contributed by atoms with Gasteiger partial charge in [-0.25, -0.2) is 0 Å². The molecule has 1 aromatic carbocycles. The first kappa shape index (κ1) is 14.0. The molecule has 2 heteroatoms. The number of nitrogens with two attached hydrogens (primary N) is 1. The van der Waals surface area contributed by atoms with Gasteiger partial charge in [0, 0.05) is 24.3 Å².